The number of nitrogens with zero attached hydrogens (tertiary/aromatic N) is 5. The number of hydrogen-bond donors (Lipinski definition) is 1. The Morgan fingerprint density at radius 1 is 0.880 bits per heavy atom. The standard InChI is InChI=1S/C16H22N6O3/c17-13(23)12-2-6-20(7-3-12)14(24)15(25)21-8-10-22(11-9-21)16-18-4-1-5-19-16/h1,4-5,12H,2-3,6-11H2,(H2,17,23). The fourth-order valence-electron chi connectivity index (χ4n) is 3.20. The average molecular weight is 346 g/mol. The monoisotopic (exact) mass is 346 g/mol. The van der Waals surface area contributed by atoms with Gasteiger partial charge >= 0.3 is 11.8 Å². The Hall–Kier alpha value is -2.71. The molecule has 0 radical (unpaired) electrons. The van der Waals surface area contributed by atoms with Crippen LogP contribution in [0.25, 0.3) is 0 Å². The highest BCUT2D eigenvalue weighted by molar-refractivity contribution is 6.35. The lowest BCUT2D eigenvalue weighted by atomic mass is 9.96. The van der Waals surface area contributed by atoms with Crippen molar-refractivity contribution in [3.05, 3.63) is 18.5 Å². The Balaban J connectivity index is 1.51. The molecule has 3 amide bonds. The number of carbonyl (C=O) groups is 3. The number of amides is 3. The Morgan fingerprint density at radius 3 is 1.92 bits per heavy atom. The number of carbonyl (C=O) groups excluding carboxylic acids is 3. The summed E-state index contributed by atoms with van der Waals surface area (Å²) in [4.78, 5) is 49.5. The quantitative estimate of drug-likeness (QED) is 0.677. The Morgan fingerprint density at radius 2 is 1.40 bits per heavy atom. The largest absolute Gasteiger partial charge is 0.369 e. The fraction of sp³-hybridized carbons (Fsp3) is 0.562. The van der Waals surface area contributed by atoms with E-state index < -0.39 is 11.8 Å². The Labute approximate surface area is 145 Å². The first-order valence-electron chi connectivity index (χ1n) is 8.45. The molecule has 25 heavy (non-hydrogen) atoms. The second-order valence-electron chi connectivity index (χ2n) is 6.30. The smallest absolute Gasteiger partial charge is 0.312 e. The van der Waals surface area contributed by atoms with Gasteiger partial charge in [0.15, 0.2) is 0 Å². The van der Waals surface area contributed by atoms with Gasteiger partial charge in [-0.1, -0.05) is 0 Å². The van der Waals surface area contributed by atoms with Crippen molar-refractivity contribution < 1.29 is 14.4 Å². The van der Waals surface area contributed by atoms with Crippen LogP contribution >= 0.6 is 0 Å². The van der Waals surface area contributed by atoms with Crippen LogP contribution in [-0.4, -0.2) is 76.8 Å². The molecule has 9 heteroatoms. The van der Waals surface area contributed by atoms with Crippen molar-refractivity contribution in [2.24, 2.45) is 11.7 Å². The summed E-state index contributed by atoms with van der Waals surface area (Å²) in [6, 6.07) is 1.75. The summed E-state index contributed by atoms with van der Waals surface area (Å²) in [5.41, 5.74) is 5.29. The van der Waals surface area contributed by atoms with Crippen LogP contribution in [0, 0.1) is 5.92 Å². The van der Waals surface area contributed by atoms with E-state index in [0.29, 0.717) is 58.1 Å². The SMILES string of the molecule is NC(=O)C1CCN(C(=O)C(=O)N2CCN(c3ncccn3)CC2)CC1. The Bertz CT molecular complexity index is 637. The van der Waals surface area contributed by atoms with Gasteiger partial charge in [0.2, 0.25) is 11.9 Å². The third-order valence-corrected chi connectivity index (χ3v) is 4.77. The number of piperidine rings is 1. The highest BCUT2D eigenvalue weighted by Crippen LogP contribution is 2.17. The van der Waals surface area contributed by atoms with Gasteiger partial charge < -0.3 is 20.4 Å². The van der Waals surface area contributed by atoms with Gasteiger partial charge in [0.25, 0.3) is 0 Å². The summed E-state index contributed by atoms with van der Waals surface area (Å²) in [6.45, 7) is 2.90. The minimum Gasteiger partial charge on any atom is -0.369 e. The molecular weight excluding hydrogens is 324 g/mol. The van der Waals surface area contributed by atoms with E-state index in [2.05, 4.69) is 9.97 Å². The molecule has 2 aliphatic rings. The van der Waals surface area contributed by atoms with Gasteiger partial charge in [-0.3, -0.25) is 14.4 Å². The highest BCUT2D eigenvalue weighted by Gasteiger charge is 2.33. The summed E-state index contributed by atoms with van der Waals surface area (Å²) in [7, 11) is 0. The van der Waals surface area contributed by atoms with E-state index >= 15 is 0 Å². The molecule has 0 spiro atoms. The lowest BCUT2D eigenvalue weighted by Crippen LogP contribution is -2.54. The highest BCUT2D eigenvalue weighted by atomic mass is 16.2. The number of primary amides is 1. The first-order chi connectivity index (χ1) is 12.1. The average Bonchev–Trinajstić information content (AvgIpc) is 2.67. The van der Waals surface area contributed by atoms with Crippen LogP contribution in [0.3, 0.4) is 0 Å². The molecule has 9 nitrogen and oxygen atoms in total. The number of aromatic nitrogens is 2. The summed E-state index contributed by atoms with van der Waals surface area (Å²) < 4.78 is 0. The predicted octanol–water partition coefficient (Wildman–Crippen LogP) is -1.15. The molecule has 2 saturated heterocycles. The van der Waals surface area contributed by atoms with E-state index in [1.165, 1.54) is 4.90 Å². The molecule has 0 aliphatic carbocycles. The number of rotatable bonds is 2. The van der Waals surface area contributed by atoms with Gasteiger partial charge in [-0.2, -0.15) is 0 Å². The van der Waals surface area contributed by atoms with Crippen molar-refractivity contribution in [3.63, 3.8) is 0 Å². The number of likely N-dealkylation sites (tertiary alicyclic amines) is 1. The van der Waals surface area contributed by atoms with Gasteiger partial charge in [0, 0.05) is 57.6 Å². The van der Waals surface area contributed by atoms with E-state index in [-0.39, 0.29) is 11.8 Å². The number of piperazine rings is 1. The molecule has 3 rings (SSSR count). The van der Waals surface area contributed by atoms with Crippen molar-refractivity contribution >= 4 is 23.7 Å². The van der Waals surface area contributed by atoms with Crippen molar-refractivity contribution in [2.45, 2.75) is 12.8 Å². The predicted molar refractivity (Wildman–Crippen MR) is 89.3 cm³/mol. The van der Waals surface area contributed by atoms with E-state index in [0.717, 1.165) is 0 Å². The maximum absolute atomic E-state index is 12.4. The van der Waals surface area contributed by atoms with Gasteiger partial charge in [0.1, 0.15) is 0 Å². The molecule has 2 aliphatic heterocycles. The Kier molecular flexibility index (Phi) is 5.11. The topological polar surface area (TPSA) is 113 Å². The molecule has 2 fully saturated rings. The van der Waals surface area contributed by atoms with Crippen LogP contribution in [0.1, 0.15) is 12.8 Å². The minimum atomic E-state index is -0.493. The maximum atomic E-state index is 12.4. The van der Waals surface area contributed by atoms with Crippen molar-refractivity contribution in [2.75, 3.05) is 44.2 Å². The lowest BCUT2D eigenvalue weighted by Gasteiger charge is -2.36. The molecule has 134 valence electrons. The van der Waals surface area contributed by atoms with E-state index in [4.69, 9.17) is 5.73 Å². The van der Waals surface area contributed by atoms with Crippen LogP contribution in [-0.2, 0) is 14.4 Å². The third-order valence-electron chi connectivity index (χ3n) is 4.77. The number of hydrogen-bond acceptors (Lipinski definition) is 6. The number of anilines is 1. The summed E-state index contributed by atoms with van der Waals surface area (Å²) in [5, 5.41) is 0. The second kappa shape index (κ2) is 7.45. The first-order valence-corrected chi connectivity index (χ1v) is 8.45. The molecular formula is C16H22N6O3. The molecule has 0 saturated carbocycles. The zero-order valence-corrected chi connectivity index (χ0v) is 14.0. The molecule has 1 aromatic rings. The normalized spacial score (nSPS) is 19.0. The van der Waals surface area contributed by atoms with E-state index in [1.54, 1.807) is 23.4 Å². The zero-order chi connectivity index (χ0) is 17.8. The third kappa shape index (κ3) is 3.86. The first kappa shape index (κ1) is 17.1. The molecule has 2 N–H and O–H groups in total. The molecule has 0 unspecified atom stereocenters. The fourth-order valence-corrected chi connectivity index (χ4v) is 3.20. The summed E-state index contributed by atoms with van der Waals surface area (Å²) in [6.07, 6.45) is 4.40. The van der Waals surface area contributed by atoms with Crippen LogP contribution in [0.15, 0.2) is 18.5 Å². The maximum Gasteiger partial charge on any atom is 0.312 e. The van der Waals surface area contributed by atoms with Crippen LogP contribution in [0.4, 0.5) is 5.95 Å². The molecule has 3 heterocycles. The second-order valence-corrected chi connectivity index (χ2v) is 6.30. The lowest BCUT2D eigenvalue weighted by molar-refractivity contribution is -0.153. The van der Waals surface area contributed by atoms with E-state index in [1.807, 2.05) is 4.90 Å². The van der Waals surface area contributed by atoms with Gasteiger partial charge in [-0.25, -0.2) is 9.97 Å². The molecule has 0 aromatic carbocycles. The van der Waals surface area contributed by atoms with Crippen molar-refractivity contribution in [1.82, 2.24) is 19.8 Å². The van der Waals surface area contributed by atoms with Crippen molar-refractivity contribution in [1.29, 1.82) is 0 Å². The minimum absolute atomic E-state index is 0.200. The molecule has 0 atom stereocenters. The molecule has 0 bridgehead atoms. The summed E-state index contributed by atoms with van der Waals surface area (Å²) in [5.74, 6) is -0.876. The van der Waals surface area contributed by atoms with Crippen LogP contribution in [0.2, 0.25) is 0 Å². The summed E-state index contributed by atoms with van der Waals surface area (Å²) >= 11 is 0. The van der Waals surface area contributed by atoms with Gasteiger partial charge in [0.05, 0.1) is 0 Å². The number of nitrogens with two attached hydrogens (primary N) is 1. The van der Waals surface area contributed by atoms with E-state index in [9.17, 15) is 14.4 Å². The van der Waals surface area contributed by atoms with Crippen LogP contribution < -0.4 is 10.6 Å². The zero-order valence-electron chi connectivity index (χ0n) is 14.0. The van der Waals surface area contributed by atoms with Gasteiger partial charge in [-0.15, -0.1) is 0 Å². The van der Waals surface area contributed by atoms with Crippen LogP contribution in [0.5, 0.6) is 0 Å². The van der Waals surface area contributed by atoms with Crippen molar-refractivity contribution in [3.8, 4) is 0 Å². The molecule has 1 aromatic heterocycles. The van der Waals surface area contributed by atoms with Gasteiger partial charge in [-0.05, 0) is 18.9 Å².